The Bertz CT molecular complexity index is 856. The number of halogens is 1. The van der Waals surface area contributed by atoms with Crippen molar-refractivity contribution in [3.05, 3.63) is 69.7 Å². The molecule has 0 saturated heterocycles. The van der Waals surface area contributed by atoms with Gasteiger partial charge in [0.2, 0.25) is 0 Å². The second-order valence-electron chi connectivity index (χ2n) is 6.95. The Labute approximate surface area is 172 Å². The third-order valence-corrected chi connectivity index (χ3v) is 5.52. The van der Waals surface area contributed by atoms with Gasteiger partial charge < -0.3 is 20.4 Å². The average molecular weight is 447 g/mol. The molecule has 0 bridgehead atoms. The molecule has 3 rings (SSSR count). The number of carbonyl (C=O) groups excluding carboxylic acids is 2. The number of hydrogen-bond donors (Lipinski definition) is 3. The summed E-state index contributed by atoms with van der Waals surface area (Å²) in [5.74, 6) is -1.43. The van der Waals surface area contributed by atoms with E-state index in [-0.39, 0.29) is 6.04 Å². The van der Waals surface area contributed by atoms with Crippen molar-refractivity contribution in [3.63, 3.8) is 0 Å². The summed E-state index contributed by atoms with van der Waals surface area (Å²) in [6.07, 6.45) is -2.96. The maximum absolute atomic E-state index is 12.6. The first kappa shape index (κ1) is 20.5. The number of rotatable bonds is 5. The van der Waals surface area contributed by atoms with E-state index in [9.17, 15) is 19.8 Å². The molecule has 3 N–H and O–H groups in total. The summed E-state index contributed by atoms with van der Waals surface area (Å²) in [6.45, 7) is 2.57. The highest BCUT2D eigenvalue weighted by molar-refractivity contribution is 9.10. The Hall–Kier alpha value is -2.22. The maximum atomic E-state index is 12.6. The lowest BCUT2D eigenvalue weighted by atomic mass is 9.99. The number of nitrogens with zero attached hydrogens (tertiary/aromatic N) is 1. The highest BCUT2D eigenvalue weighted by Gasteiger charge is 2.35. The second kappa shape index (κ2) is 8.86. The van der Waals surface area contributed by atoms with Crippen molar-refractivity contribution < 1.29 is 19.8 Å². The van der Waals surface area contributed by atoms with E-state index in [1.807, 2.05) is 48.5 Å². The minimum atomic E-state index is -1.83. The molecule has 0 aliphatic carbocycles. The maximum Gasteiger partial charge on any atom is 0.255 e. The van der Waals surface area contributed by atoms with Crippen molar-refractivity contribution in [3.8, 4) is 0 Å². The average Bonchev–Trinajstić information content (AvgIpc) is 2.72. The summed E-state index contributed by atoms with van der Waals surface area (Å²) in [5, 5.41) is 23.1. The standard InChI is InChI=1S/C21H23BrN2O4/c1-13(14-6-8-17(22)9-7-14)23-20(27)18(25)19(26)21(28)24-11-10-15-4-2-3-5-16(15)12-24/h2-9,13,18-19,25-26H,10-12H2,1H3,(H,23,27)/t13-,18+,19+/m0/s1. The minimum Gasteiger partial charge on any atom is -0.380 e. The highest BCUT2D eigenvalue weighted by Crippen LogP contribution is 2.20. The molecule has 28 heavy (non-hydrogen) atoms. The van der Waals surface area contributed by atoms with Crippen LogP contribution < -0.4 is 5.32 Å². The van der Waals surface area contributed by atoms with Gasteiger partial charge in [-0.15, -0.1) is 0 Å². The Morgan fingerprint density at radius 2 is 1.68 bits per heavy atom. The molecule has 0 fully saturated rings. The smallest absolute Gasteiger partial charge is 0.255 e. The van der Waals surface area contributed by atoms with Gasteiger partial charge in [-0.05, 0) is 42.2 Å². The quantitative estimate of drug-likeness (QED) is 0.654. The van der Waals surface area contributed by atoms with Crippen LogP contribution in [-0.2, 0) is 22.6 Å². The number of aliphatic hydroxyl groups excluding tert-OH is 2. The molecular weight excluding hydrogens is 424 g/mol. The van der Waals surface area contributed by atoms with Gasteiger partial charge in [-0.25, -0.2) is 0 Å². The molecule has 1 aliphatic heterocycles. The van der Waals surface area contributed by atoms with Crippen LogP contribution in [0.3, 0.4) is 0 Å². The molecule has 1 aliphatic rings. The van der Waals surface area contributed by atoms with E-state index in [2.05, 4.69) is 21.2 Å². The lowest BCUT2D eigenvalue weighted by Crippen LogP contribution is -2.51. The van der Waals surface area contributed by atoms with E-state index in [4.69, 9.17) is 0 Å². The Morgan fingerprint density at radius 1 is 1.04 bits per heavy atom. The van der Waals surface area contributed by atoms with Crippen LogP contribution in [0.2, 0.25) is 0 Å². The first-order chi connectivity index (χ1) is 13.4. The van der Waals surface area contributed by atoms with Crippen molar-refractivity contribution >= 4 is 27.7 Å². The summed E-state index contributed by atoms with van der Waals surface area (Å²) in [4.78, 5) is 26.4. The summed E-state index contributed by atoms with van der Waals surface area (Å²) in [7, 11) is 0. The van der Waals surface area contributed by atoms with Crippen LogP contribution in [0.25, 0.3) is 0 Å². The van der Waals surface area contributed by atoms with Crippen molar-refractivity contribution in [1.29, 1.82) is 0 Å². The fourth-order valence-corrected chi connectivity index (χ4v) is 3.55. The monoisotopic (exact) mass is 446 g/mol. The van der Waals surface area contributed by atoms with Gasteiger partial charge in [0.25, 0.3) is 11.8 Å². The molecular formula is C21H23BrN2O4. The van der Waals surface area contributed by atoms with Gasteiger partial charge in [-0.1, -0.05) is 52.3 Å². The van der Waals surface area contributed by atoms with E-state index >= 15 is 0 Å². The van der Waals surface area contributed by atoms with Gasteiger partial charge in [-0.3, -0.25) is 9.59 Å². The third-order valence-electron chi connectivity index (χ3n) is 4.99. The molecule has 2 amide bonds. The number of hydrogen-bond acceptors (Lipinski definition) is 4. The fraction of sp³-hybridized carbons (Fsp3) is 0.333. The van der Waals surface area contributed by atoms with Crippen LogP contribution in [0.15, 0.2) is 53.0 Å². The summed E-state index contributed by atoms with van der Waals surface area (Å²) in [5.41, 5.74) is 3.02. The number of fused-ring (bicyclic) bond motifs is 1. The third kappa shape index (κ3) is 4.60. The Kier molecular flexibility index (Phi) is 6.49. The van der Waals surface area contributed by atoms with E-state index in [1.165, 1.54) is 10.5 Å². The highest BCUT2D eigenvalue weighted by atomic mass is 79.9. The lowest BCUT2D eigenvalue weighted by Gasteiger charge is -2.31. The molecule has 1 heterocycles. The number of carbonyl (C=O) groups is 2. The van der Waals surface area contributed by atoms with E-state index < -0.39 is 24.0 Å². The van der Waals surface area contributed by atoms with Crippen LogP contribution in [0.5, 0.6) is 0 Å². The molecule has 0 aromatic heterocycles. The number of nitrogens with one attached hydrogen (secondary N) is 1. The van der Waals surface area contributed by atoms with Gasteiger partial charge in [0.05, 0.1) is 6.04 Å². The molecule has 148 valence electrons. The second-order valence-corrected chi connectivity index (χ2v) is 7.87. The van der Waals surface area contributed by atoms with Crippen molar-refractivity contribution in [2.75, 3.05) is 6.54 Å². The lowest BCUT2D eigenvalue weighted by molar-refractivity contribution is -0.154. The molecule has 0 spiro atoms. The predicted octanol–water partition coefficient (Wildman–Crippen LogP) is 1.93. The molecule has 0 radical (unpaired) electrons. The number of aliphatic hydroxyl groups is 2. The van der Waals surface area contributed by atoms with Gasteiger partial charge in [0, 0.05) is 17.6 Å². The normalized spacial score (nSPS) is 16.6. The predicted molar refractivity (Wildman–Crippen MR) is 108 cm³/mol. The van der Waals surface area contributed by atoms with Crippen molar-refractivity contribution in [1.82, 2.24) is 10.2 Å². The van der Waals surface area contributed by atoms with E-state index in [0.717, 1.165) is 15.6 Å². The van der Waals surface area contributed by atoms with Gasteiger partial charge >= 0.3 is 0 Å². The number of benzene rings is 2. The molecule has 7 heteroatoms. The van der Waals surface area contributed by atoms with Gasteiger partial charge in [0.15, 0.2) is 12.2 Å². The SMILES string of the molecule is C[C@H](NC(=O)[C@H](O)[C@@H](O)C(=O)N1CCc2ccccc2C1)c1ccc(Br)cc1. The summed E-state index contributed by atoms with van der Waals surface area (Å²) in [6, 6.07) is 14.8. The van der Waals surface area contributed by atoms with Crippen LogP contribution in [0.1, 0.15) is 29.7 Å². The molecule has 0 saturated carbocycles. The summed E-state index contributed by atoms with van der Waals surface area (Å²) >= 11 is 3.35. The molecule has 2 aromatic rings. The minimum absolute atomic E-state index is 0.357. The molecule has 2 aromatic carbocycles. The van der Waals surface area contributed by atoms with E-state index in [1.54, 1.807) is 6.92 Å². The molecule has 0 unspecified atom stereocenters. The van der Waals surface area contributed by atoms with Crippen molar-refractivity contribution in [2.24, 2.45) is 0 Å². The van der Waals surface area contributed by atoms with Crippen LogP contribution in [0.4, 0.5) is 0 Å². The largest absolute Gasteiger partial charge is 0.380 e. The van der Waals surface area contributed by atoms with Gasteiger partial charge in [0.1, 0.15) is 0 Å². The molecule has 3 atom stereocenters. The van der Waals surface area contributed by atoms with Crippen LogP contribution in [0, 0.1) is 0 Å². The summed E-state index contributed by atoms with van der Waals surface area (Å²) < 4.78 is 0.916. The zero-order valence-electron chi connectivity index (χ0n) is 15.5. The van der Waals surface area contributed by atoms with E-state index in [0.29, 0.717) is 19.5 Å². The van der Waals surface area contributed by atoms with Crippen LogP contribution in [-0.4, -0.2) is 45.7 Å². The zero-order valence-corrected chi connectivity index (χ0v) is 17.1. The Morgan fingerprint density at radius 3 is 2.36 bits per heavy atom. The topological polar surface area (TPSA) is 89.9 Å². The molecule has 6 nitrogen and oxygen atoms in total. The zero-order chi connectivity index (χ0) is 20.3. The van der Waals surface area contributed by atoms with Crippen molar-refractivity contribution in [2.45, 2.75) is 38.1 Å². The number of amides is 2. The first-order valence-corrected chi connectivity index (χ1v) is 9.93. The van der Waals surface area contributed by atoms with Crippen LogP contribution >= 0.6 is 15.9 Å². The van der Waals surface area contributed by atoms with Gasteiger partial charge in [-0.2, -0.15) is 0 Å². The first-order valence-electron chi connectivity index (χ1n) is 9.14. The Balaban J connectivity index is 1.60. The fourth-order valence-electron chi connectivity index (χ4n) is 3.28.